The fraction of sp³-hybridized carbons (Fsp3) is 0.571. The zero-order valence-electron chi connectivity index (χ0n) is 10.9. The third-order valence-electron chi connectivity index (χ3n) is 3.59. The molecule has 4 heteroatoms. The van der Waals surface area contributed by atoms with Crippen LogP contribution in [0.5, 0.6) is 0 Å². The molecular formula is C14H20BrFN2. The van der Waals surface area contributed by atoms with Gasteiger partial charge in [0.05, 0.1) is 4.47 Å². The van der Waals surface area contributed by atoms with Gasteiger partial charge in [-0.3, -0.25) is 4.90 Å². The molecule has 0 spiro atoms. The highest BCUT2D eigenvalue weighted by Crippen LogP contribution is 2.23. The highest BCUT2D eigenvalue weighted by atomic mass is 79.9. The molecule has 2 atom stereocenters. The summed E-state index contributed by atoms with van der Waals surface area (Å²) in [5, 5.41) is 3.49. The van der Waals surface area contributed by atoms with Gasteiger partial charge in [-0.1, -0.05) is 12.1 Å². The summed E-state index contributed by atoms with van der Waals surface area (Å²) in [4.78, 5) is 2.42. The molecule has 1 aliphatic rings. The lowest BCUT2D eigenvalue weighted by Crippen LogP contribution is -2.38. The molecule has 1 aliphatic heterocycles. The number of nitrogens with one attached hydrogen (secondary N) is 1. The Morgan fingerprint density at radius 1 is 1.44 bits per heavy atom. The van der Waals surface area contributed by atoms with Gasteiger partial charge in [0, 0.05) is 25.2 Å². The molecule has 2 nitrogen and oxygen atoms in total. The van der Waals surface area contributed by atoms with E-state index in [1.807, 2.05) is 6.07 Å². The summed E-state index contributed by atoms with van der Waals surface area (Å²) in [6, 6.07) is 6.27. The number of nitrogens with zero attached hydrogens (tertiary/aromatic N) is 1. The zero-order chi connectivity index (χ0) is 13.1. The van der Waals surface area contributed by atoms with Crippen LogP contribution >= 0.6 is 15.9 Å². The highest BCUT2D eigenvalue weighted by Gasteiger charge is 2.21. The lowest BCUT2D eigenvalue weighted by molar-refractivity contribution is 0.198. The molecule has 100 valence electrons. The third-order valence-corrected chi connectivity index (χ3v) is 4.48. The molecule has 0 aliphatic carbocycles. The molecule has 1 heterocycles. The molecule has 18 heavy (non-hydrogen) atoms. The molecule has 0 bridgehead atoms. The fourth-order valence-corrected chi connectivity index (χ4v) is 2.82. The molecule has 1 N–H and O–H groups in total. The van der Waals surface area contributed by atoms with Gasteiger partial charge in [-0.25, -0.2) is 4.39 Å². The highest BCUT2D eigenvalue weighted by molar-refractivity contribution is 9.10. The van der Waals surface area contributed by atoms with Crippen LogP contribution in [0.3, 0.4) is 0 Å². The van der Waals surface area contributed by atoms with E-state index in [-0.39, 0.29) is 5.82 Å². The maximum absolute atomic E-state index is 13.5. The van der Waals surface area contributed by atoms with Gasteiger partial charge in [0.2, 0.25) is 0 Å². The van der Waals surface area contributed by atoms with Crippen molar-refractivity contribution < 1.29 is 4.39 Å². The van der Waals surface area contributed by atoms with Crippen molar-refractivity contribution in [2.75, 3.05) is 13.1 Å². The van der Waals surface area contributed by atoms with Crippen molar-refractivity contribution in [3.05, 3.63) is 34.1 Å². The van der Waals surface area contributed by atoms with Crippen LogP contribution in [0.1, 0.15) is 25.8 Å². The van der Waals surface area contributed by atoms with Crippen LogP contribution in [-0.4, -0.2) is 30.1 Å². The smallest absolute Gasteiger partial charge is 0.137 e. The maximum atomic E-state index is 13.5. The Balaban J connectivity index is 2.13. The summed E-state index contributed by atoms with van der Waals surface area (Å²) in [7, 11) is 0. The lowest BCUT2D eigenvalue weighted by atomic mass is 10.1. The van der Waals surface area contributed by atoms with Crippen molar-refractivity contribution in [3.8, 4) is 0 Å². The van der Waals surface area contributed by atoms with Gasteiger partial charge in [0.15, 0.2) is 0 Å². The molecule has 2 rings (SSSR count). The number of hydrogen-bond donors (Lipinski definition) is 1. The van der Waals surface area contributed by atoms with E-state index in [0.717, 1.165) is 31.6 Å². The largest absolute Gasteiger partial charge is 0.313 e. The van der Waals surface area contributed by atoms with Gasteiger partial charge in [-0.15, -0.1) is 0 Å². The number of halogens is 2. The van der Waals surface area contributed by atoms with Crippen molar-refractivity contribution in [2.24, 2.45) is 0 Å². The molecule has 0 amide bonds. The molecule has 0 saturated carbocycles. The minimum atomic E-state index is -0.179. The van der Waals surface area contributed by atoms with Gasteiger partial charge < -0.3 is 5.32 Å². The van der Waals surface area contributed by atoms with E-state index in [9.17, 15) is 4.39 Å². The predicted molar refractivity (Wildman–Crippen MR) is 76.1 cm³/mol. The van der Waals surface area contributed by atoms with Gasteiger partial charge >= 0.3 is 0 Å². The SMILES string of the molecule is CC1CN(Cc2cccc(F)c2Br)C(C)CCN1. The Hall–Kier alpha value is -0.450. The van der Waals surface area contributed by atoms with Crippen LogP contribution in [0.25, 0.3) is 0 Å². The first-order valence-electron chi connectivity index (χ1n) is 6.48. The summed E-state index contributed by atoms with van der Waals surface area (Å²) in [5.74, 6) is -0.179. The zero-order valence-corrected chi connectivity index (χ0v) is 12.5. The first kappa shape index (κ1) is 14.0. The summed E-state index contributed by atoms with van der Waals surface area (Å²) < 4.78 is 14.1. The first-order chi connectivity index (χ1) is 8.58. The second-order valence-corrected chi connectivity index (χ2v) is 5.93. The monoisotopic (exact) mass is 314 g/mol. The maximum Gasteiger partial charge on any atom is 0.137 e. The Labute approximate surface area is 117 Å². The average Bonchev–Trinajstić information content (AvgIpc) is 2.48. The standard InChI is InChI=1S/C14H20BrFN2/c1-10-8-18(11(2)6-7-17-10)9-12-4-3-5-13(16)14(12)15/h3-5,10-11,17H,6-9H2,1-2H3. The molecule has 1 saturated heterocycles. The molecular weight excluding hydrogens is 295 g/mol. The topological polar surface area (TPSA) is 15.3 Å². The van der Waals surface area contributed by atoms with Crippen LogP contribution in [0.15, 0.2) is 22.7 Å². The van der Waals surface area contributed by atoms with E-state index < -0.39 is 0 Å². The fourth-order valence-electron chi connectivity index (χ4n) is 2.43. The summed E-state index contributed by atoms with van der Waals surface area (Å²) >= 11 is 3.34. The Kier molecular flexibility index (Phi) is 4.76. The molecule has 1 aromatic rings. The van der Waals surface area contributed by atoms with E-state index in [1.165, 1.54) is 6.07 Å². The van der Waals surface area contributed by atoms with E-state index >= 15 is 0 Å². The van der Waals surface area contributed by atoms with Crippen LogP contribution < -0.4 is 5.32 Å². The second kappa shape index (κ2) is 6.13. The van der Waals surface area contributed by atoms with Crippen LogP contribution in [0.2, 0.25) is 0 Å². The Morgan fingerprint density at radius 2 is 2.22 bits per heavy atom. The normalized spacial score (nSPS) is 26.0. The van der Waals surface area contributed by atoms with E-state index in [1.54, 1.807) is 6.07 Å². The van der Waals surface area contributed by atoms with E-state index in [2.05, 4.69) is 40.0 Å². The second-order valence-electron chi connectivity index (χ2n) is 5.14. The van der Waals surface area contributed by atoms with Crippen LogP contribution in [0, 0.1) is 5.82 Å². The number of rotatable bonds is 2. The molecule has 0 aromatic heterocycles. The van der Waals surface area contributed by atoms with Crippen molar-refractivity contribution in [1.82, 2.24) is 10.2 Å². The third kappa shape index (κ3) is 3.31. The molecule has 1 fully saturated rings. The van der Waals surface area contributed by atoms with Crippen LogP contribution in [0.4, 0.5) is 4.39 Å². The van der Waals surface area contributed by atoms with E-state index in [0.29, 0.717) is 16.6 Å². The first-order valence-corrected chi connectivity index (χ1v) is 7.27. The average molecular weight is 315 g/mol. The van der Waals surface area contributed by atoms with Gasteiger partial charge in [-0.05, 0) is 54.4 Å². The van der Waals surface area contributed by atoms with Crippen molar-refractivity contribution in [3.63, 3.8) is 0 Å². The van der Waals surface area contributed by atoms with Gasteiger partial charge in [0.1, 0.15) is 5.82 Å². The Bertz CT molecular complexity index is 411. The van der Waals surface area contributed by atoms with Gasteiger partial charge in [-0.2, -0.15) is 0 Å². The number of hydrogen-bond acceptors (Lipinski definition) is 2. The number of benzene rings is 1. The molecule has 0 radical (unpaired) electrons. The summed E-state index contributed by atoms with van der Waals surface area (Å²) in [6.45, 7) is 7.30. The predicted octanol–water partition coefficient (Wildman–Crippen LogP) is 3.16. The van der Waals surface area contributed by atoms with E-state index in [4.69, 9.17) is 0 Å². The van der Waals surface area contributed by atoms with Crippen molar-refractivity contribution in [1.29, 1.82) is 0 Å². The Morgan fingerprint density at radius 3 is 3.00 bits per heavy atom. The quantitative estimate of drug-likeness (QED) is 0.902. The lowest BCUT2D eigenvalue weighted by Gasteiger charge is -2.28. The summed E-state index contributed by atoms with van der Waals surface area (Å²) in [5.41, 5.74) is 1.02. The van der Waals surface area contributed by atoms with Gasteiger partial charge in [0.25, 0.3) is 0 Å². The van der Waals surface area contributed by atoms with Crippen molar-refractivity contribution in [2.45, 2.75) is 38.9 Å². The minimum Gasteiger partial charge on any atom is -0.313 e. The summed E-state index contributed by atoms with van der Waals surface area (Å²) in [6.07, 6.45) is 1.14. The van der Waals surface area contributed by atoms with Crippen LogP contribution in [-0.2, 0) is 6.54 Å². The molecule has 1 aromatic carbocycles. The minimum absolute atomic E-state index is 0.179. The molecule has 2 unspecified atom stereocenters. The van der Waals surface area contributed by atoms with Crippen molar-refractivity contribution >= 4 is 15.9 Å².